The Hall–Kier alpha value is -1.65. The zero-order valence-corrected chi connectivity index (χ0v) is 28.7. The fourth-order valence-electron chi connectivity index (χ4n) is 6.80. The van der Waals surface area contributed by atoms with Gasteiger partial charge in [-0.1, -0.05) is 135 Å². The van der Waals surface area contributed by atoms with Gasteiger partial charge >= 0.3 is 5.97 Å². The molecule has 2 aromatic rings. The van der Waals surface area contributed by atoms with E-state index in [4.69, 9.17) is 4.74 Å². The van der Waals surface area contributed by atoms with Gasteiger partial charge in [0, 0.05) is 23.9 Å². The van der Waals surface area contributed by atoms with E-state index in [2.05, 4.69) is 48.4 Å². The maximum absolute atomic E-state index is 12.7. The summed E-state index contributed by atoms with van der Waals surface area (Å²) in [6.45, 7) is 6.86. The molecule has 0 radical (unpaired) electrons. The largest absolute Gasteiger partial charge is 0.426 e. The number of fused-ring (bicyclic) bond motifs is 1. The molecule has 3 nitrogen and oxygen atoms in total. The third kappa shape index (κ3) is 14.8. The minimum absolute atomic E-state index is 0.0555. The summed E-state index contributed by atoms with van der Waals surface area (Å²) in [5.74, 6) is 0.758. The topological polar surface area (TPSA) is 29.5 Å². The Kier molecular flexibility index (Phi) is 19.0. The molecule has 1 aliphatic carbocycles. The average Bonchev–Trinajstić information content (AvgIpc) is 3.54. The van der Waals surface area contributed by atoms with Gasteiger partial charge in [-0.2, -0.15) is 0 Å². The number of rotatable bonds is 25. The fraction of sp³-hybridized carbons (Fsp3) is 0.718. The zero-order valence-electron chi connectivity index (χ0n) is 27.9. The minimum atomic E-state index is -0.0555. The summed E-state index contributed by atoms with van der Waals surface area (Å²) in [5.41, 5.74) is 2.64. The molecule has 0 unspecified atom stereocenters. The standard InChI is InChI=1S/C39H63NO2S/c1-3-5-6-7-8-9-10-11-12-13-14-15-16-17-18-19-20-26-39(41)42-38-25-21-23-34-33-35(27-28-37(34)38)40(30-4-2)31-29-36-24-22-32-43-36/h21-25,32,35H,3-20,26-31,33H2,1-2H3/t35-/m0/s1. The van der Waals surface area contributed by atoms with Gasteiger partial charge in [-0.15, -0.1) is 11.3 Å². The third-order valence-corrected chi connectivity index (χ3v) is 10.3. The molecule has 0 N–H and O–H groups in total. The van der Waals surface area contributed by atoms with Crippen molar-refractivity contribution >= 4 is 17.3 Å². The Morgan fingerprint density at radius 1 is 0.767 bits per heavy atom. The van der Waals surface area contributed by atoms with E-state index < -0.39 is 0 Å². The van der Waals surface area contributed by atoms with Crippen LogP contribution in [0, 0.1) is 0 Å². The van der Waals surface area contributed by atoms with Gasteiger partial charge in [0.05, 0.1) is 0 Å². The molecule has 4 heteroatoms. The number of nitrogens with zero attached hydrogens (tertiary/aromatic N) is 1. The minimum Gasteiger partial charge on any atom is -0.426 e. The molecular weight excluding hydrogens is 547 g/mol. The fourth-order valence-corrected chi connectivity index (χ4v) is 7.50. The van der Waals surface area contributed by atoms with Crippen molar-refractivity contribution in [3.8, 4) is 5.75 Å². The number of hydrogen-bond donors (Lipinski definition) is 0. The van der Waals surface area contributed by atoms with Crippen molar-refractivity contribution in [3.63, 3.8) is 0 Å². The molecule has 0 aliphatic heterocycles. The van der Waals surface area contributed by atoms with Crippen LogP contribution in [0.25, 0.3) is 0 Å². The zero-order chi connectivity index (χ0) is 30.4. The van der Waals surface area contributed by atoms with Crippen molar-refractivity contribution in [1.29, 1.82) is 0 Å². The van der Waals surface area contributed by atoms with Crippen molar-refractivity contribution in [1.82, 2.24) is 4.90 Å². The maximum atomic E-state index is 12.7. The van der Waals surface area contributed by atoms with Crippen LogP contribution in [-0.2, 0) is 24.1 Å². The third-order valence-electron chi connectivity index (χ3n) is 9.37. The van der Waals surface area contributed by atoms with E-state index in [1.165, 1.54) is 119 Å². The molecule has 43 heavy (non-hydrogen) atoms. The van der Waals surface area contributed by atoms with Gasteiger partial charge in [-0.05, 0) is 73.7 Å². The molecule has 0 amide bonds. The van der Waals surface area contributed by atoms with Gasteiger partial charge in [0.25, 0.3) is 0 Å². The summed E-state index contributed by atoms with van der Waals surface area (Å²) in [6.07, 6.45) is 29.1. The van der Waals surface area contributed by atoms with Crippen molar-refractivity contribution < 1.29 is 9.53 Å². The van der Waals surface area contributed by atoms with Crippen LogP contribution in [0.1, 0.15) is 158 Å². The van der Waals surface area contributed by atoms with Gasteiger partial charge in [0.2, 0.25) is 0 Å². The maximum Gasteiger partial charge on any atom is 0.311 e. The number of carbonyl (C=O) groups excluding carboxylic acids is 1. The quantitative estimate of drug-likeness (QED) is 0.0637. The summed E-state index contributed by atoms with van der Waals surface area (Å²) >= 11 is 1.87. The van der Waals surface area contributed by atoms with E-state index in [0.29, 0.717) is 12.5 Å². The molecule has 0 fully saturated rings. The summed E-state index contributed by atoms with van der Waals surface area (Å²) < 4.78 is 5.93. The highest BCUT2D eigenvalue weighted by Crippen LogP contribution is 2.32. The van der Waals surface area contributed by atoms with Crippen molar-refractivity contribution in [2.75, 3.05) is 13.1 Å². The SMILES string of the molecule is CCCCCCCCCCCCCCCCCCCC(=O)Oc1cccc2c1CC[C@H](N(CCC)CCc1cccs1)C2. The Labute approximate surface area is 269 Å². The van der Waals surface area contributed by atoms with Crippen LogP contribution in [0.15, 0.2) is 35.7 Å². The van der Waals surface area contributed by atoms with Crippen LogP contribution in [-0.4, -0.2) is 30.0 Å². The Morgan fingerprint density at radius 2 is 1.40 bits per heavy atom. The first kappa shape index (κ1) is 35.8. The molecule has 1 heterocycles. The molecule has 1 aliphatic rings. The summed E-state index contributed by atoms with van der Waals surface area (Å²) in [4.78, 5) is 16.9. The van der Waals surface area contributed by atoms with E-state index in [9.17, 15) is 4.79 Å². The van der Waals surface area contributed by atoms with Crippen LogP contribution in [0.5, 0.6) is 5.75 Å². The first-order valence-electron chi connectivity index (χ1n) is 18.3. The monoisotopic (exact) mass is 609 g/mol. The number of ether oxygens (including phenoxy) is 1. The van der Waals surface area contributed by atoms with Crippen LogP contribution in [0.3, 0.4) is 0 Å². The van der Waals surface area contributed by atoms with Crippen LogP contribution < -0.4 is 4.74 Å². The van der Waals surface area contributed by atoms with E-state index in [1.54, 1.807) is 0 Å². The summed E-state index contributed by atoms with van der Waals surface area (Å²) in [7, 11) is 0. The lowest BCUT2D eigenvalue weighted by Crippen LogP contribution is -2.41. The van der Waals surface area contributed by atoms with Gasteiger partial charge in [-0.25, -0.2) is 0 Å². The lowest BCUT2D eigenvalue weighted by atomic mass is 9.86. The lowest BCUT2D eigenvalue weighted by molar-refractivity contribution is -0.134. The van der Waals surface area contributed by atoms with Crippen molar-refractivity contribution in [2.45, 2.75) is 168 Å². The van der Waals surface area contributed by atoms with Gasteiger partial charge in [0.1, 0.15) is 5.75 Å². The summed E-state index contributed by atoms with van der Waals surface area (Å²) in [5, 5.41) is 2.18. The van der Waals surface area contributed by atoms with Crippen LogP contribution in [0.2, 0.25) is 0 Å². The lowest BCUT2D eigenvalue weighted by Gasteiger charge is -2.35. The van der Waals surface area contributed by atoms with E-state index in [0.717, 1.165) is 57.4 Å². The van der Waals surface area contributed by atoms with E-state index >= 15 is 0 Å². The Morgan fingerprint density at radius 3 is 1.98 bits per heavy atom. The van der Waals surface area contributed by atoms with E-state index in [1.807, 2.05) is 17.4 Å². The second kappa shape index (κ2) is 22.8. The predicted octanol–water partition coefficient (Wildman–Crippen LogP) is 11.5. The van der Waals surface area contributed by atoms with Crippen molar-refractivity contribution in [3.05, 3.63) is 51.7 Å². The predicted molar refractivity (Wildman–Crippen MR) is 187 cm³/mol. The molecule has 1 aromatic heterocycles. The van der Waals surface area contributed by atoms with Gasteiger partial charge in [-0.3, -0.25) is 9.69 Å². The number of hydrogen-bond acceptors (Lipinski definition) is 4. The summed E-state index contributed by atoms with van der Waals surface area (Å²) in [6, 6.07) is 11.3. The molecule has 242 valence electrons. The van der Waals surface area contributed by atoms with Crippen LogP contribution in [0.4, 0.5) is 0 Å². The Balaban J connectivity index is 1.23. The molecule has 1 atom stereocenters. The second-order valence-electron chi connectivity index (χ2n) is 13.0. The highest BCUT2D eigenvalue weighted by Gasteiger charge is 2.26. The van der Waals surface area contributed by atoms with E-state index in [-0.39, 0.29) is 5.97 Å². The molecule has 0 spiro atoms. The molecule has 0 saturated carbocycles. The number of thiophene rings is 1. The normalized spacial score (nSPS) is 14.7. The van der Waals surface area contributed by atoms with Gasteiger partial charge < -0.3 is 4.74 Å². The first-order chi connectivity index (χ1) is 21.2. The number of unbranched alkanes of at least 4 members (excludes halogenated alkanes) is 16. The average molecular weight is 610 g/mol. The smallest absolute Gasteiger partial charge is 0.311 e. The molecular formula is C39H63NO2S. The highest BCUT2D eigenvalue weighted by molar-refractivity contribution is 7.09. The van der Waals surface area contributed by atoms with Gasteiger partial charge in [0.15, 0.2) is 0 Å². The molecule has 0 saturated heterocycles. The number of carbonyl (C=O) groups is 1. The highest BCUT2D eigenvalue weighted by atomic mass is 32.1. The molecule has 3 rings (SSSR count). The first-order valence-corrected chi connectivity index (χ1v) is 19.2. The molecule has 0 bridgehead atoms. The van der Waals surface area contributed by atoms with Crippen molar-refractivity contribution in [2.24, 2.45) is 0 Å². The number of esters is 1. The number of benzene rings is 1. The Bertz CT molecular complexity index is 972. The molecule has 1 aromatic carbocycles. The van der Waals surface area contributed by atoms with Crippen LogP contribution >= 0.6 is 11.3 Å². The second-order valence-corrected chi connectivity index (χ2v) is 14.1.